The van der Waals surface area contributed by atoms with E-state index in [2.05, 4.69) is 15.1 Å². The molecule has 0 aromatic carbocycles. The van der Waals surface area contributed by atoms with Crippen LogP contribution in [0.3, 0.4) is 0 Å². The summed E-state index contributed by atoms with van der Waals surface area (Å²) in [7, 11) is 3.84. The Bertz CT molecular complexity index is 899. The second-order valence-electron chi connectivity index (χ2n) is 6.47. The molecule has 142 valence electrons. The third-order valence-electron chi connectivity index (χ3n) is 4.38. The van der Waals surface area contributed by atoms with E-state index >= 15 is 0 Å². The highest BCUT2D eigenvalue weighted by molar-refractivity contribution is 5.94. The van der Waals surface area contributed by atoms with Gasteiger partial charge < -0.3 is 18.9 Å². The van der Waals surface area contributed by atoms with Gasteiger partial charge in [-0.05, 0) is 26.0 Å². The largest absolute Gasteiger partial charge is 0.359 e. The van der Waals surface area contributed by atoms with Crippen molar-refractivity contribution >= 4 is 11.7 Å². The van der Waals surface area contributed by atoms with E-state index in [1.54, 1.807) is 23.4 Å². The van der Waals surface area contributed by atoms with Crippen LogP contribution in [-0.2, 0) is 20.1 Å². The van der Waals surface area contributed by atoms with E-state index in [0.717, 1.165) is 23.1 Å². The summed E-state index contributed by atoms with van der Waals surface area (Å²) in [5, 5.41) is 3.89. The molecule has 0 N–H and O–H groups in total. The third kappa shape index (κ3) is 4.33. The number of amides is 1. The Morgan fingerprint density at radius 2 is 2.07 bits per heavy atom. The van der Waals surface area contributed by atoms with E-state index in [0.29, 0.717) is 25.2 Å². The van der Waals surface area contributed by atoms with E-state index in [-0.39, 0.29) is 5.91 Å². The van der Waals surface area contributed by atoms with Gasteiger partial charge in [-0.15, -0.1) is 0 Å². The highest BCUT2D eigenvalue weighted by Crippen LogP contribution is 2.15. The van der Waals surface area contributed by atoms with Crippen LogP contribution in [0.1, 0.15) is 34.6 Å². The number of hydrogen-bond acceptors (Lipinski definition) is 6. The average Bonchev–Trinajstić information content (AvgIpc) is 3.27. The van der Waals surface area contributed by atoms with E-state index in [1.807, 2.05) is 55.7 Å². The molecule has 0 radical (unpaired) electrons. The summed E-state index contributed by atoms with van der Waals surface area (Å²) in [4.78, 5) is 25.2. The first-order valence-corrected chi connectivity index (χ1v) is 8.82. The number of anilines is 1. The topological polar surface area (TPSA) is 80.3 Å². The molecule has 0 spiro atoms. The SMILES string of the molecule is CCN(Cc1nccn1C)C(=O)c1ccc(N(C)Cc2cc(C)no2)nc1. The summed E-state index contributed by atoms with van der Waals surface area (Å²) in [5.41, 5.74) is 1.40. The molecule has 3 aromatic rings. The van der Waals surface area contributed by atoms with Crippen molar-refractivity contribution in [2.75, 3.05) is 18.5 Å². The van der Waals surface area contributed by atoms with Crippen LogP contribution in [0.2, 0.25) is 0 Å². The number of carbonyl (C=O) groups excluding carboxylic acids is 1. The molecule has 27 heavy (non-hydrogen) atoms. The van der Waals surface area contributed by atoms with Crippen LogP contribution < -0.4 is 4.90 Å². The van der Waals surface area contributed by atoms with Gasteiger partial charge >= 0.3 is 0 Å². The number of imidazole rings is 1. The molecule has 3 aromatic heterocycles. The van der Waals surface area contributed by atoms with E-state index in [1.165, 1.54) is 0 Å². The second kappa shape index (κ2) is 8.03. The molecule has 3 rings (SSSR count). The van der Waals surface area contributed by atoms with Crippen LogP contribution in [0.4, 0.5) is 5.82 Å². The van der Waals surface area contributed by atoms with Gasteiger partial charge in [-0.3, -0.25) is 4.79 Å². The Morgan fingerprint density at radius 3 is 2.63 bits per heavy atom. The van der Waals surface area contributed by atoms with Crippen LogP contribution in [0.5, 0.6) is 0 Å². The van der Waals surface area contributed by atoms with Crippen molar-refractivity contribution in [1.29, 1.82) is 0 Å². The Hall–Kier alpha value is -3.16. The lowest BCUT2D eigenvalue weighted by molar-refractivity contribution is 0.0747. The quantitative estimate of drug-likeness (QED) is 0.637. The van der Waals surface area contributed by atoms with Crippen LogP contribution in [-0.4, -0.2) is 44.1 Å². The van der Waals surface area contributed by atoms with Crippen LogP contribution in [0.25, 0.3) is 0 Å². The standard InChI is InChI=1S/C19H24N6O2/c1-5-25(13-18-20-8-9-23(18)3)19(26)15-6-7-17(21-11-15)24(4)12-16-10-14(2)22-27-16/h6-11H,5,12-13H2,1-4H3. The maximum absolute atomic E-state index is 12.8. The lowest BCUT2D eigenvalue weighted by atomic mass is 10.2. The number of carbonyl (C=O) groups is 1. The van der Waals surface area contributed by atoms with Crippen LogP contribution >= 0.6 is 0 Å². The number of rotatable bonds is 7. The maximum Gasteiger partial charge on any atom is 0.255 e. The van der Waals surface area contributed by atoms with E-state index in [4.69, 9.17) is 4.52 Å². The summed E-state index contributed by atoms with van der Waals surface area (Å²) in [6, 6.07) is 5.53. The molecule has 0 bridgehead atoms. The minimum Gasteiger partial charge on any atom is -0.359 e. The van der Waals surface area contributed by atoms with Gasteiger partial charge in [-0.25, -0.2) is 9.97 Å². The minimum atomic E-state index is -0.0620. The first-order valence-electron chi connectivity index (χ1n) is 8.82. The Morgan fingerprint density at radius 1 is 1.26 bits per heavy atom. The predicted octanol–water partition coefficient (Wildman–Crippen LogP) is 2.41. The molecule has 0 aliphatic heterocycles. The first-order chi connectivity index (χ1) is 13.0. The van der Waals surface area contributed by atoms with Crippen molar-refractivity contribution in [2.45, 2.75) is 26.9 Å². The fraction of sp³-hybridized carbons (Fsp3) is 0.368. The molecular formula is C19H24N6O2. The summed E-state index contributed by atoms with van der Waals surface area (Å²) >= 11 is 0. The van der Waals surface area contributed by atoms with Gasteiger partial charge in [0.1, 0.15) is 11.6 Å². The summed E-state index contributed by atoms with van der Waals surface area (Å²) < 4.78 is 7.15. The number of pyridine rings is 1. The molecule has 0 aliphatic rings. The van der Waals surface area contributed by atoms with Gasteiger partial charge in [0.15, 0.2) is 5.76 Å². The zero-order chi connectivity index (χ0) is 19.4. The van der Waals surface area contributed by atoms with Gasteiger partial charge in [-0.1, -0.05) is 5.16 Å². The number of hydrogen-bond donors (Lipinski definition) is 0. The minimum absolute atomic E-state index is 0.0620. The Kier molecular flexibility index (Phi) is 5.54. The average molecular weight is 368 g/mol. The smallest absolute Gasteiger partial charge is 0.255 e. The Labute approximate surface area is 158 Å². The molecule has 0 saturated carbocycles. The van der Waals surface area contributed by atoms with Crippen molar-refractivity contribution in [3.8, 4) is 0 Å². The number of aromatic nitrogens is 4. The maximum atomic E-state index is 12.8. The van der Waals surface area contributed by atoms with Crippen LogP contribution in [0, 0.1) is 6.92 Å². The fourth-order valence-corrected chi connectivity index (χ4v) is 2.77. The van der Waals surface area contributed by atoms with Crippen LogP contribution in [0.15, 0.2) is 41.3 Å². The van der Waals surface area contributed by atoms with Crippen molar-refractivity contribution < 1.29 is 9.32 Å². The van der Waals surface area contributed by atoms with Crippen molar-refractivity contribution in [3.05, 3.63) is 59.6 Å². The predicted molar refractivity (Wildman–Crippen MR) is 101 cm³/mol. The van der Waals surface area contributed by atoms with Gasteiger partial charge in [0.05, 0.1) is 24.3 Å². The van der Waals surface area contributed by atoms with Gasteiger partial charge in [0.25, 0.3) is 5.91 Å². The molecule has 8 heteroatoms. The first kappa shape index (κ1) is 18.6. The molecule has 0 saturated heterocycles. The third-order valence-corrected chi connectivity index (χ3v) is 4.38. The zero-order valence-electron chi connectivity index (χ0n) is 16.1. The fourth-order valence-electron chi connectivity index (χ4n) is 2.77. The second-order valence-corrected chi connectivity index (χ2v) is 6.47. The normalized spacial score (nSPS) is 10.8. The molecule has 3 heterocycles. The summed E-state index contributed by atoms with van der Waals surface area (Å²) in [6.45, 7) is 5.46. The molecule has 0 fully saturated rings. The van der Waals surface area contributed by atoms with Crippen molar-refractivity contribution in [1.82, 2.24) is 24.6 Å². The molecule has 8 nitrogen and oxygen atoms in total. The van der Waals surface area contributed by atoms with Crippen molar-refractivity contribution in [2.24, 2.45) is 7.05 Å². The van der Waals surface area contributed by atoms with E-state index in [9.17, 15) is 4.79 Å². The lowest BCUT2D eigenvalue weighted by Crippen LogP contribution is -2.31. The zero-order valence-corrected chi connectivity index (χ0v) is 16.1. The molecule has 0 unspecified atom stereocenters. The number of aryl methyl sites for hydroxylation is 2. The van der Waals surface area contributed by atoms with Gasteiger partial charge in [0.2, 0.25) is 0 Å². The summed E-state index contributed by atoms with van der Waals surface area (Å²) in [6.07, 6.45) is 5.21. The number of nitrogens with zero attached hydrogens (tertiary/aromatic N) is 6. The molecule has 0 atom stereocenters. The highest BCUT2D eigenvalue weighted by Gasteiger charge is 2.17. The molecular weight excluding hydrogens is 344 g/mol. The Balaban J connectivity index is 1.67. The highest BCUT2D eigenvalue weighted by atomic mass is 16.5. The van der Waals surface area contributed by atoms with Gasteiger partial charge in [0, 0.05) is 45.3 Å². The molecule has 0 aliphatic carbocycles. The summed E-state index contributed by atoms with van der Waals surface area (Å²) in [5.74, 6) is 2.31. The lowest BCUT2D eigenvalue weighted by Gasteiger charge is -2.21. The van der Waals surface area contributed by atoms with Gasteiger partial charge in [-0.2, -0.15) is 0 Å². The monoisotopic (exact) mass is 368 g/mol. The molecule has 1 amide bonds. The van der Waals surface area contributed by atoms with Crippen molar-refractivity contribution in [3.63, 3.8) is 0 Å². The van der Waals surface area contributed by atoms with E-state index < -0.39 is 0 Å².